The SMILES string of the molecule is CC(C)CC[C@@H](c1cccc2c1OC(F)(F)O2)N1CCNCC1. The molecule has 0 radical (unpaired) electrons. The summed E-state index contributed by atoms with van der Waals surface area (Å²) in [6.45, 7) is 8.00. The lowest BCUT2D eigenvalue weighted by Crippen LogP contribution is -2.45. The Labute approximate surface area is 135 Å². The molecule has 1 aromatic carbocycles. The highest BCUT2D eigenvalue weighted by Gasteiger charge is 2.45. The topological polar surface area (TPSA) is 33.7 Å². The van der Waals surface area contributed by atoms with Gasteiger partial charge in [-0.3, -0.25) is 4.90 Å². The van der Waals surface area contributed by atoms with Crippen LogP contribution in [0.4, 0.5) is 8.78 Å². The van der Waals surface area contributed by atoms with Crippen molar-refractivity contribution in [3.63, 3.8) is 0 Å². The number of nitrogens with one attached hydrogen (secondary N) is 1. The molecular formula is C17H24F2N2O2. The molecule has 0 aromatic heterocycles. The Hall–Kier alpha value is -1.40. The summed E-state index contributed by atoms with van der Waals surface area (Å²) in [5, 5.41) is 3.33. The van der Waals surface area contributed by atoms with E-state index in [-0.39, 0.29) is 17.5 Å². The van der Waals surface area contributed by atoms with Crippen LogP contribution < -0.4 is 14.8 Å². The molecule has 2 heterocycles. The van der Waals surface area contributed by atoms with E-state index in [2.05, 4.69) is 28.8 Å². The number of nitrogens with zero attached hydrogens (tertiary/aromatic N) is 1. The van der Waals surface area contributed by atoms with Crippen molar-refractivity contribution in [2.45, 2.75) is 39.0 Å². The number of benzene rings is 1. The minimum absolute atomic E-state index is 0.0759. The average molecular weight is 326 g/mol. The van der Waals surface area contributed by atoms with Crippen LogP contribution in [0.25, 0.3) is 0 Å². The number of piperazine rings is 1. The molecule has 0 saturated carbocycles. The number of alkyl halides is 2. The first-order valence-electron chi connectivity index (χ1n) is 8.30. The van der Waals surface area contributed by atoms with E-state index in [1.165, 1.54) is 6.07 Å². The highest BCUT2D eigenvalue weighted by atomic mass is 19.3. The lowest BCUT2D eigenvalue weighted by Gasteiger charge is -2.36. The number of ether oxygens (including phenoxy) is 2. The van der Waals surface area contributed by atoms with E-state index in [1.54, 1.807) is 6.07 Å². The zero-order chi connectivity index (χ0) is 16.4. The van der Waals surface area contributed by atoms with Crippen LogP contribution in [0.5, 0.6) is 11.5 Å². The van der Waals surface area contributed by atoms with E-state index >= 15 is 0 Å². The number of halogens is 2. The predicted molar refractivity (Wildman–Crippen MR) is 83.9 cm³/mol. The third-order valence-corrected chi connectivity index (χ3v) is 4.43. The van der Waals surface area contributed by atoms with Crippen LogP contribution in [0.3, 0.4) is 0 Å². The van der Waals surface area contributed by atoms with Crippen LogP contribution in [0.15, 0.2) is 18.2 Å². The third-order valence-electron chi connectivity index (χ3n) is 4.43. The van der Waals surface area contributed by atoms with Crippen molar-refractivity contribution in [2.24, 2.45) is 5.92 Å². The molecule has 128 valence electrons. The van der Waals surface area contributed by atoms with Crippen molar-refractivity contribution in [1.82, 2.24) is 10.2 Å². The molecule has 1 N–H and O–H groups in total. The number of para-hydroxylation sites is 1. The highest BCUT2D eigenvalue weighted by molar-refractivity contribution is 5.50. The first-order chi connectivity index (χ1) is 11.0. The van der Waals surface area contributed by atoms with Gasteiger partial charge in [-0.15, -0.1) is 8.78 Å². The fraction of sp³-hybridized carbons (Fsp3) is 0.647. The van der Waals surface area contributed by atoms with Crippen molar-refractivity contribution in [2.75, 3.05) is 26.2 Å². The Morgan fingerprint density at radius 3 is 2.61 bits per heavy atom. The quantitative estimate of drug-likeness (QED) is 0.899. The molecule has 1 atom stereocenters. The van der Waals surface area contributed by atoms with Crippen molar-refractivity contribution in [3.8, 4) is 11.5 Å². The summed E-state index contributed by atoms with van der Waals surface area (Å²) in [7, 11) is 0. The standard InChI is InChI=1S/C17H24F2N2O2/c1-12(2)6-7-14(21-10-8-20-9-11-21)13-4-3-5-15-16(13)23-17(18,19)22-15/h3-5,12,14,20H,6-11H2,1-2H3/t14-/m0/s1. The van der Waals surface area contributed by atoms with Gasteiger partial charge in [0.15, 0.2) is 11.5 Å². The Kier molecular flexibility index (Phi) is 4.73. The Bertz CT molecular complexity index is 545. The van der Waals surface area contributed by atoms with Crippen molar-refractivity contribution in [1.29, 1.82) is 0 Å². The van der Waals surface area contributed by atoms with Crippen LogP contribution in [-0.2, 0) is 0 Å². The van der Waals surface area contributed by atoms with Gasteiger partial charge in [-0.2, -0.15) is 0 Å². The molecule has 6 heteroatoms. The van der Waals surface area contributed by atoms with Gasteiger partial charge in [-0.05, 0) is 24.8 Å². The third kappa shape index (κ3) is 3.75. The fourth-order valence-corrected chi connectivity index (χ4v) is 3.27. The summed E-state index contributed by atoms with van der Waals surface area (Å²) in [4.78, 5) is 2.36. The first kappa shape index (κ1) is 16.5. The average Bonchev–Trinajstić information content (AvgIpc) is 2.83. The van der Waals surface area contributed by atoms with E-state index in [9.17, 15) is 8.78 Å². The molecule has 0 amide bonds. The van der Waals surface area contributed by atoms with Gasteiger partial charge >= 0.3 is 6.29 Å². The fourth-order valence-electron chi connectivity index (χ4n) is 3.27. The molecule has 2 aliphatic rings. The largest absolute Gasteiger partial charge is 0.586 e. The zero-order valence-corrected chi connectivity index (χ0v) is 13.6. The van der Waals surface area contributed by atoms with Gasteiger partial charge < -0.3 is 14.8 Å². The number of hydrogen-bond acceptors (Lipinski definition) is 4. The molecule has 23 heavy (non-hydrogen) atoms. The maximum atomic E-state index is 13.5. The normalized spacial score (nSPS) is 21.6. The van der Waals surface area contributed by atoms with Gasteiger partial charge in [0.1, 0.15) is 0 Å². The van der Waals surface area contributed by atoms with E-state index in [4.69, 9.17) is 4.74 Å². The van der Waals surface area contributed by atoms with Gasteiger partial charge in [0.05, 0.1) is 0 Å². The van der Waals surface area contributed by atoms with Crippen LogP contribution in [-0.4, -0.2) is 37.4 Å². The maximum absolute atomic E-state index is 13.5. The van der Waals surface area contributed by atoms with Crippen molar-refractivity contribution >= 4 is 0 Å². The van der Waals surface area contributed by atoms with Crippen LogP contribution in [0, 0.1) is 5.92 Å². The Morgan fingerprint density at radius 2 is 1.91 bits per heavy atom. The van der Waals surface area contributed by atoms with Gasteiger partial charge in [0.25, 0.3) is 0 Å². The van der Waals surface area contributed by atoms with E-state index in [0.717, 1.165) is 44.6 Å². The van der Waals surface area contributed by atoms with E-state index < -0.39 is 6.29 Å². The summed E-state index contributed by atoms with van der Waals surface area (Å²) in [5.41, 5.74) is 0.808. The molecular weight excluding hydrogens is 302 g/mol. The molecule has 0 spiro atoms. The smallest absolute Gasteiger partial charge is 0.395 e. The zero-order valence-electron chi connectivity index (χ0n) is 13.6. The highest BCUT2D eigenvalue weighted by Crippen LogP contribution is 2.47. The van der Waals surface area contributed by atoms with E-state index in [1.807, 2.05) is 6.07 Å². The summed E-state index contributed by atoms with van der Waals surface area (Å²) in [6.07, 6.45) is -1.61. The summed E-state index contributed by atoms with van der Waals surface area (Å²) < 4.78 is 36.4. The summed E-state index contributed by atoms with van der Waals surface area (Å²) in [5.74, 6) is 0.901. The second-order valence-electron chi connectivity index (χ2n) is 6.61. The molecule has 3 rings (SSSR count). The van der Waals surface area contributed by atoms with Crippen molar-refractivity contribution < 1.29 is 18.3 Å². The molecule has 2 aliphatic heterocycles. The molecule has 1 aromatic rings. The van der Waals surface area contributed by atoms with Crippen LogP contribution in [0.1, 0.15) is 38.3 Å². The Balaban J connectivity index is 1.89. The van der Waals surface area contributed by atoms with Crippen LogP contribution >= 0.6 is 0 Å². The minimum atomic E-state index is -3.56. The molecule has 1 fully saturated rings. The minimum Gasteiger partial charge on any atom is -0.395 e. The number of hydrogen-bond donors (Lipinski definition) is 1. The van der Waals surface area contributed by atoms with Gasteiger partial charge in [-0.25, -0.2) is 0 Å². The van der Waals surface area contributed by atoms with Gasteiger partial charge in [-0.1, -0.05) is 26.0 Å². The summed E-state index contributed by atoms with van der Waals surface area (Å²) in [6, 6.07) is 5.27. The molecule has 0 unspecified atom stereocenters. The number of rotatable bonds is 5. The first-order valence-corrected chi connectivity index (χ1v) is 8.30. The van der Waals surface area contributed by atoms with Crippen molar-refractivity contribution in [3.05, 3.63) is 23.8 Å². The lowest BCUT2D eigenvalue weighted by molar-refractivity contribution is -0.287. The van der Waals surface area contributed by atoms with E-state index in [0.29, 0.717) is 5.92 Å². The Morgan fingerprint density at radius 1 is 1.17 bits per heavy atom. The molecule has 0 aliphatic carbocycles. The maximum Gasteiger partial charge on any atom is 0.586 e. The number of fused-ring (bicyclic) bond motifs is 1. The van der Waals surface area contributed by atoms with Crippen LogP contribution in [0.2, 0.25) is 0 Å². The molecule has 1 saturated heterocycles. The monoisotopic (exact) mass is 326 g/mol. The second-order valence-corrected chi connectivity index (χ2v) is 6.61. The predicted octanol–water partition coefficient (Wildman–Crippen LogP) is 3.39. The summed E-state index contributed by atoms with van der Waals surface area (Å²) >= 11 is 0. The lowest BCUT2D eigenvalue weighted by atomic mass is 9.95. The molecule has 0 bridgehead atoms. The molecule has 4 nitrogen and oxygen atoms in total. The van der Waals surface area contributed by atoms with Gasteiger partial charge in [0.2, 0.25) is 0 Å². The second kappa shape index (κ2) is 6.61. The van der Waals surface area contributed by atoms with Gasteiger partial charge in [0, 0.05) is 37.8 Å².